The summed E-state index contributed by atoms with van der Waals surface area (Å²) in [4.78, 5) is 25.1. The van der Waals surface area contributed by atoms with Crippen LogP contribution in [0.25, 0.3) is 0 Å². The van der Waals surface area contributed by atoms with E-state index >= 15 is 0 Å². The van der Waals surface area contributed by atoms with E-state index in [2.05, 4.69) is 28.0 Å². The Morgan fingerprint density at radius 3 is 2.55 bits per heavy atom. The van der Waals surface area contributed by atoms with Gasteiger partial charge in [-0.15, -0.1) is 0 Å². The van der Waals surface area contributed by atoms with Crippen LogP contribution in [0.1, 0.15) is 63.0 Å². The smallest absolute Gasteiger partial charge is 0.220 e. The highest BCUT2D eigenvalue weighted by molar-refractivity contribution is 5.74. The van der Waals surface area contributed by atoms with Crippen LogP contribution in [-0.2, 0) is 4.79 Å². The normalized spacial score (nSPS) is 22.3. The van der Waals surface area contributed by atoms with Crippen molar-refractivity contribution in [2.45, 2.75) is 64.5 Å². The third-order valence-corrected chi connectivity index (χ3v) is 5.09. The number of aryl methyl sites for hydroxylation is 1. The predicted octanol–water partition coefficient (Wildman–Crippen LogP) is 2.85. The number of likely N-dealkylation sites (tertiary alicyclic amines) is 1. The number of nitrogens with zero attached hydrogens (tertiary/aromatic N) is 4. The van der Waals surface area contributed by atoms with E-state index < -0.39 is 0 Å². The van der Waals surface area contributed by atoms with E-state index in [1.54, 1.807) is 6.92 Å². The number of anilines is 1. The fraction of sp³-hybridized carbons (Fsp3) is 0.706. The number of hydrogen-bond acceptors (Lipinski definition) is 4. The average Bonchev–Trinajstić information content (AvgIpc) is 2.45. The Morgan fingerprint density at radius 1 is 1.23 bits per heavy atom. The van der Waals surface area contributed by atoms with Crippen LogP contribution in [0.2, 0.25) is 0 Å². The number of hydrogen-bond donors (Lipinski definition) is 0. The summed E-state index contributed by atoms with van der Waals surface area (Å²) < 4.78 is 0. The summed E-state index contributed by atoms with van der Waals surface area (Å²) in [5.41, 5.74) is 0.992. The van der Waals surface area contributed by atoms with Crippen LogP contribution < -0.4 is 4.90 Å². The lowest BCUT2D eigenvalue weighted by Gasteiger charge is -2.40. The first kappa shape index (κ1) is 15.3. The van der Waals surface area contributed by atoms with E-state index in [1.807, 2.05) is 11.8 Å². The third-order valence-electron chi connectivity index (χ3n) is 5.09. The van der Waals surface area contributed by atoms with Crippen molar-refractivity contribution in [3.8, 4) is 0 Å². The van der Waals surface area contributed by atoms with Gasteiger partial charge in [0, 0.05) is 32.6 Å². The van der Waals surface area contributed by atoms with E-state index in [-0.39, 0.29) is 11.9 Å². The minimum atomic E-state index is 0.134. The summed E-state index contributed by atoms with van der Waals surface area (Å²) in [7, 11) is 2.14. The molecule has 2 fully saturated rings. The first-order valence-electron chi connectivity index (χ1n) is 8.42. The topological polar surface area (TPSA) is 49.3 Å². The number of aromatic nitrogens is 2. The molecule has 0 spiro atoms. The molecule has 5 heteroatoms. The summed E-state index contributed by atoms with van der Waals surface area (Å²) in [6.45, 7) is 4.42. The van der Waals surface area contributed by atoms with Crippen molar-refractivity contribution in [2.24, 2.45) is 0 Å². The Labute approximate surface area is 132 Å². The van der Waals surface area contributed by atoms with Crippen LogP contribution >= 0.6 is 0 Å². The van der Waals surface area contributed by atoms with Crippen LogP contribution in [0.15, 0.2) is 6.07 Å². The third kappa shape index (κ3) is 2.94. The van der Waals surface area contributed by atoms with Crippen LogP contribution in [-0.4, -0.2) is 40.4 Å². The van der Waals surface area contributed by atoms with Gasteiger partial charge in [0.1, 0.15) is 11.6 Å². The Balaban J connectivity index is 1.82. The maximum atomic E-state index is 11.6. The lowest BCUT2D eigenvalue weighted by molar-refractivity contribution is -0.136. The molecular formula is C17H26N4O. The van der Waals surface area contributed by atoms with Crippen molar-refractivity contribution in [1.29, 1.82) is 0 Å². The lowest BCUT2D eigenvalue weighted by atomic mass is 9.94. The molecule has 1 aromatic rings. The second kappa shape index (κ2) is 6.23. The number of rotatable bonds is 3. The molecular weight excluding hydrogens is 276 g/mol. The van der Waals surface area contributed by atoms with E-state index in [1.165, 1.54) is 32.1 Å². The fourth-order valence-corrected chi connectivity index (χ4v) is 3.65. The highest BCUT2D eigenvalue weighted by Crippen LogP contribution is 2.34. The molecule has 0 bridgehead atoms. The lowest BCUT2D eigenvalue weighted by Crippen LogP contribution is -2.44. The standard InChI is InChI=1S/C17H26N4O/c1-12-18-15(16-9-10-21(16)13(2)22)11-17(19-12)20(3)14-7-5-4-6-8-14/h11,14,16H,4-10H2,1-3H3. The summed E-state index contributed by atoms with van der Waals surface area (Å²) in [5.74, 6) is 1.94. The average molecular weight is 302 g/mol. The van der Waals surface area contributed by atoms with Crippen molar-refractivity contribution in [3.63, 3.8) is 0 Å². The zero-order valence-electron chi connectivity index (χ0n) is 13.9. The molecule has 1 aliphatic carbocycles. The van der Waals surface area contributed by atoms with Crippen molar-refractivity contribution >= 4 is 11.7 Å². The van der Waals surface area contributed by atoms with Gasteiger partial charge in [0.15, 0.2) is 0 Å². The molecule has 1 aromatic heterocycles. The molecule has 22 heavy (non-hydrogen) atoms. The van der Waals surface area contributed by atoms with E-state index in [0.717, 1.165) is 30.3 Å². The quantitative estimate of drug-likeness (QED) is 0.861. The molecule has 1 unspecified atom stereocenters. The molecule has 1 saturated carbocycles. The maximum absolute atomic E-state index is 11.6. The molecule has 1 amide bonds. The van der Waals surface area contributed by atoms with Gasteiger partial charge in [-0.3, -0.25) is 4.79 Å². The van der Waals surface area contributed by atoms with E-state index in [4.69, 9.17) is 0 Å². The summed E-state index contributed by atoms with van der Waals surface area (Å²) in [5, 5.41) is 0. The Kier molecular flexibility index (Phi) is 4.32. The zero-order valence-corrected chi connectivity index (χ0v) is 13.9. The van der Waals surface area contributed by atoms with Gasteiger partial charge >= 0.3 is 0 Å². The zero-order chi connectivity index (χ0) is 15.7. The minimum Gasteiger partial charge on any atom is -0.357 e. The predicted molar refractivity (Wildman–Crippen MR) is 86.8 cm³/mol. The molecule has 5 nitrogen and oxygen atoms in total. The number of carbonyl (C=O) groups is 1. The molecule has 3 rings (SSSR count). The van der Waals surface area contributed by atoms with Crippen LogP contribution in [0, 0.1) is 6.92 Å². The molecule has 1 atom stereocenters. The second-order valence-electron chi connectivity index (χ2n) is 6.62. The van der Waals surface area contributed by atoms with E-state index in [0.29, 0.717) is 6.04 Å². The number of carbonyl (C=O) groups excluding carboxylic acids is 1. The molecule has 120 valence electrons. The molecule has 1 saturated heterocycles. The maximum Gasteiger partial charge on any atom is 0.220 e. The van der Waals surface area contributed by atoms with Gasteiger partial charge in [-0.1, -0.05) is 19.3 Å². The van der Waals surface area contributed by atoms with Gasteiger partial charge in [-0.25, -0.2) is 9.97 Å². The van der Waals surface area contributed by atoms with Gasteiger partial charge in [-0.05, 0) is 26.2 Å². The molecule has 0 N–H and O–H groups in total. The first-order valence-corrected chi connectivity index (χ1v) is 8.42. The second-order valence-corrected chi connectivity index (χ2v) is 6.62. The SMILES string of the molecule is CC(=O)N1CCC1c1cc(N(C)C2CCCCC2)nc(C)n1. The van der Waals surface area contributed by atoms with Gasteiger partial charge in [0.05, 0.1) is 11.7 Å². The molecule has 1 aliphatic heterocycles. The van der Waals surface area contributed by atoms with Crippen LogP contribution in [0.4, 0.5) is 5.82 Å². The Morgan fingerprint density at radius 2 is 1.95 bits per heavy atom. The monoisotopic (exact) mass is 302 g/mol. The largest absolute Gasteiger partial charge is 0.357 e. The van der Waals surface area contributed by atoms with Crippen molar-refractivity contribution in [1.82, 2.24) is 14.9 Å². The molecule has 2 aliphatic rings. The minimum absolute atomic E-state index is 0.134. The van der Waals surface area contributed by atoms with Crippen LogP contribution in [0.3, 0.4) is 0 Å². The Hall–Kier alpha value is -1.65. The molecule has 0 radical (unpaired) electrons. The summed E-state index contributed by atoms with van der Waals surface area (Å²) in [6.07, 6.45) is 7.48. The highest BCUT2D eigenvalue weighted by atomic mass is 16.2. The van der Waals surface area contributed by atoms with Crippen molar-refractivity contribution < 1.29 is 4.79 Å². The highest BCUT2D eigenvalue weighted by Gasteiger charge is 2.33. The first-order chi connectivity index (χ1) is 10.6. The molecule has 0 aromatic carbocycles. The van der Waals surface area contributed by atoms with Crippen LogP contribution in [0.5, 0.6) is 0 Å². The van der Waals surface area contributed by atoms with Crippen molar-refractivity contribution in [3.05, 3.63) is 17.6 Å². The number of amides is 1. The van der Waals surface area contributed by atoms with Gasteiger partial charge in [-0.2, -0.15) is 0 Å². The Bertz CT molecular complexity index is 554. The summed E-state index contributed by atoms with van der Waals surface area (Å²) >= 11 is 0. The van der Waals surface area contributed by atoms with Gasteiger partial charge < -0.3 is 9.80 Å². The van der Waals surface area contributed by atoms with E-state index in [9.17, 15) is 4.79 Å². The van der Waals surface area contributed by atoms with Crippen molar-refractivity contribution in [2.75, 3.05) is 18.5 Å². The van der Waals surface area contributed by atoms with Gasteiger partial charge in [0.2, 0.25) is 5.91 Å². The fourth-order valence-electron chi connectivity index (χ4n) is 3.65. The van der Waals surface area contributed by atoms with Gasteiger partial charge in [0.25, 0.3) is 0 Å². The molecule has 2 heterocycles. The summed E-state index contributed by atoms with van der Waals surface area (Å²) in [6, 6.07) is 2.81.